The summed E-state index contributed by atoms with van der Waals surface area (Å²) in [5, 5.41) is 18.0. The number of alkyl halides is 3. The molecule has 0 aliphatic carbocycles. The van der Waals surface area contributed by atoms with Gasteiger partial charge in [0.2, 0.25) is 5.91 Å². The van der Waals surface area contributed by atoms with Crippen LogP contribution in [0.4, 0.5) is 18.9 Å². The van der Waals surface area contributed by atoms with E-state index in [9.17, 15) is 18.0 Å². The fraction of sp³-hybridized carbons (Fsp3) is 0.438. The van der Waals surface area contributed by atoms with E-state index in [1.54, 1.807) is 12.1 Å². The molecule has 1 aromatic rings. The molecular formula is C16H17F3N4O. The lowest BCUT2D eigenvalue weighted by atomic mass is 10.0. The molecule has 1 atom stereocenters. The van der Waals surface area contributed by atoms with Crippen LogP contribution in [-0.4, -0.2) is 24.7 Å². The van der Waals surface area contributed by atoms with Crippen LogP contribution >= 0.6 is 0 Å². The standard InChI is InChI=1S/C16H17F3N4O/c1-2-3-4-14(15(22)24)23(10-16(17,18)19)13-6-5-11(8-20)12(7-13)9-21/h5-7,14H,2-4,10H2,1H3,(H2,22,24). The molecule has 8 heteroatoms. The second-order valence-corrected chi connectivity index (χ2v) is 5.26. The van der Waals surface area contributed by atoms with Crippen LogP contribution < -0.4 is 10.6 Å². The van der Waals surface area contributed by atoms with Gasteiger partial charge in [0.15, 0.2) is 0 Å². The summed E-state index contributed by atoms with van der Waals surface area (Å²) in [5.74, 6) is -0.865. The van der Waals surface area contributed by atoms with Gasteiger partial charge in [-0.15, -0.1) is 0 Å². The van der Waals surface area contributed by atoms with E-state index in [-0.39, 0.29) is 23.2 Å². The van der Waals surface area contributed by atoms with Gasteiger partial charge in [0.1, 0.15) is 24.7 Å². The summed E-state index contributed by atoms with van der Waals surface area (Å²) < 4.78 is 38.9. The highest BCUT2D eigenvalue weighted by Gasteiger charge is 2.36. The van der Waals surface area contributed by atoms with Crippen LogP contribution in [0, 0.1) is 22.7 Å². The molecule has 0 heterocycles. The molecule has 24 heavy (non-hydrogen) atoms. The third kappa shape index (κ3) is 5.17. The van der Waals surface area contributed by atoms with Gasteiger partial charge in [-0.1, -0.05) is 19.8 Å². The monoisotopic (exact) mass is 338 g/mol. The molecule has 0 aromatic heterocycles. The summed E-state index contributed by atoms with van der Waals surface area (Å²) in [7, 11) is 0. The molecule has 128 valence electrons. The van der Waals surface area contributed by atoms with Crippen LogP contribution in [-0.2, 0) is 4.79 Å². The Morgan fingerprint density at radius 1 is 1.29 bits per heavy atom. The highest BCUT2D eigenvalue weighted by molar-refractivity contribution is 5.84. The van der Waals surface area contributed by atoms with Crippen LogP contribution in [0.1, 0.15) is 37.3 Å². The van der Waals surface area contributed by atoms with E-state index in [1.165, 1.54) is 18.2 Å². The molecule has 0 aliphatic heterocycles. The van der Waals surface area contributed by atoms with Gasteiger partial charge in [0.25, 0.3) is 0 Å². The van der Waals surface area contributed by atoms with Crippen LogP contribution in [0.15, 0.2) is 18.2 Å². The van der Waals surface area contributed by atoms with Crippen molar-refractivity contribution < 1.29 is 18.0 Å². The summed E-state index contributed by atoms with van der Waals surface area (Å²) in [6.07, 6.45) is -3.16. The van der Waals surface area contributed by atoms with Crippen molar-refractivity contribution in [2.75, 3.05) is 11.4 Å². The quantitative estimate of drug-likeness (QED) is 0.827. The largest absolute Gasteiger partial charge is 0.405 e. The smallest absolute Gasteiger partial charge is 0.368 e. The number of nitriles is 2. The highest BCUT2D eigenvalue weighted by atomic mass is 19.4. The maximum Gasteiger partial charge on any atom is 0.405 e. The molecule has 0 bridgehead atoms. The Hall–Kier alpha value is -2.74. The van der Waals surface area contributed by atoms with Crippen molar-refractivity contribution in [1.29, 1.82) is 10.5 Å². The van der Waals surface area contributed by atoms with Crippen molar-refractivity contribution in [2.24, 2.45) is 5.73 Å². The van der Waals surface area contributed by atoms with Crippen molar-refractivity contribution in [3.63, 3.8) is 0 Å². The van der Waals surface area contributed by atoms with E-state index >= 15 is 0 Å². The maximum atomic E-state index is 13.0. The van der Waals surface area contributed by atoms with Crippen molar-refractivity contribution in [3.8, 4) is 12.1 Å². The fourth-order valence-corrected chi connectivity index (χ4v) is 2.32. The Balaban J connectivity index is 3.35. The number of rotatable bonds is 7. The van der Waals surface area contributed by atoms with Crippen molar-refractivity contribution in [1.82, 2.24) is 0 Å². The molecule has 2 N–H and O–H groups in total. The van der Waals surface area contributed by atoms with E-state index in [1.807, 2.05) is 6.92 Å². The second kappa shape index (κ2) is 8.21. The highest BCUT2D eigenvalue weighted by Crippen LogP contribution is 2.27. The van der Waals surface area contributed by atoms with E-state index < -0.39 is 24.7 Å². The first kappa shape index (κ1) is 19.3. The predicted octanol–water partition coefficient (Wildman–Crippen LogP) is 2.84. The molecule has 1 rings (SSSR count). The number of carbonyl (C=O) groups is 1. The van der Waals surface area contributed by atoms with Gasteiger partial charge in [0.05, 0.1) is 11.1 Å². The fourth-order valence-electron chi connectivity index (χ4n) is 2.32. The first-order chi connectivity index (χ1) is 11.2. The topological polar surface area (TPSA) is 93.9 Å². The minimum absolute atomic E-state index is 0.0304. The molecule has 0 fully saturated rings. The number of hydrogen-bond donors (Lipinski definition) is 1. The Labute approximate surface area is 138 Å². The van der Waals surface area contributed by atoms with Gasteiger partial charge in [-0.05, 0) is 24.6 Å². The average molecular weight is 338 g/mol. The second-order valence-electron chi connectivity index (χ2n) is 5.26. The molecule has 0 radical (unpaired) electrons. The number of carbonyl (C=O) groups excluding carboxylic acids is 1. The summed E-state index contributed by atoms with van der Waals surface area (Å²) in [4.78, 5) is 12.5. The zero-order valence-corrected chi connectivity index (χ0v) is 13.1. The normalized spacial score (nSPS) is 12.1. The third-order valence-corrected chi connectivity index (χ3v) is 3.46. The molecule has 1 unspecified atom stereocenters. The molecule has 0 aliphatic rings. The van der Waals surface area contributed by atoms with Gasteiger partial charge in [0, 0.05) is 5.69 Å². The number of amides is 1. The third-order valence-electron chi connectivity index (χ3n) is 3.46. The zero-order valence-electron chi connectivity index (χ0n) is 13.1. The first-order valence-corrected chi connectivity index (χ1v) is 7.30. The van der Waals surface area contributed by atoms with Gasteiger partial charge in [-0.2, -0.15) is 23.7 Å². The van der Waals surface area contributed by atoms with Gasteiger partial charge in [-0.3, -0.25) is 4.79 Å². The van der Waals surface area contributed by atoms with E-state index in [2.05, 4.69) is 0 Å². The predicted molar refractivity (Wildman–Crippen MR) is 81.8 cm³/mol. The Bertz CT molecular complexity index is 673. The number of halogens is 3. The number of primary amides is 1. The Morgan fingerprint density at radius 3 is 2.38 bits per heavy atom. The number of benzene rings is 1. The molecule has 1 aromatic carbocycles. The molecule has 5 nitrogen and oxygen atoms in total. The lowest BCUT2D eigenvalue weighted by Crippen LogP contribution is -2.49. The Kier molecular flexibility index (Phi) is 6.60. The van der Waals surface area contributed by atoms with E-state index in [0.29, 0.717) is 12.8 Å². The van der Waals surface area contributed by atoms with Crippen molar-refractivity contribution in [3.05, 3.63) is 29.3 Å². The first-order valence-electron chi connectivity index (χ1n) is 7.30. The van der Waals surface area contributed by atoms with Crippen molar-refractivity contribution >= 4 is 11.6 Å². The van der Waals surface area contributed by atoms with Gasteiger partial charge >= 0.3 is 6.18 Å². The number of nitrogens with zero attached hydrogens (tertiary/aromatic N) is 3. The van der Waals surface area contributed by atoms with E-state index in [0.717, 1.165) is 4.90 Å². The van der Waals surface area contributed by atoms with Crippen LogP contribution in [0.5, 0.6) is 0 Å². The maximum absolute atomic E-state index is 13.0. The lowest BCUT2D eigenvalue weighted by Gasteiger charge is -2.32. The number of nitrogens with two attached hydrogens (primary N) is 1. The Morgan fingerprint density at radius 2 is 1.92 bits per heavy atom. The van der Waals surface area contributed by atoms with Gasteiger partial charge < -0.3 is 10.6 Å². The van der Waals surface area contributed by atoms with Gasteiger partial charge in [-0.25, -0.2) is 0 Å². The van der Waals surface area contributed by atoms with E-state index in [4.69, 9.17) is 16.3 Å². The average Bonchev–Trinajstić information content (AvgIpc) is 2.52. The molecule has 1 amide bonds. The molecule has 0 saturated heterocycles. The number of unbranched alkanes of at least 4 members (excludes halogenated alkanes) is 1. The molecule has 0 spiro atoms. The zero-order chi connectivity index (χ0) is 18.3. The minimum atomic E-state index is -4.55. The number of hydrogen-bond acceptors (Lipinski definition) is 4. The van der Waals surface area contributed by atoms with Crippen molar-refractivity contribution in [2.45, 2.75) is 38.4 Å². The lowest BCUT2D eigenvalue weighted by molar-refractivity contribution is -0.125. The molecular weight excluding hydrogens is 321 g/mol. The van der Waals surface area contributed by atoms with Crippen LogP contribution in [0.2, 0.25) is 0 Å². The minimum Gasteiger partial charge on any atom is -0.368 e. The summed E-state index contributed by atoms with van der Waals surface area (Å²) in [6.45, 7) is 0.475. The summed E-state index contributed by atoms with van der Waals surface area (Å²) in [5.41, 5.74) is 5.32. The number of anilines is 1. The van der Waals surface area contributed by atoms with Crippen LogP contribution in [0.25, 0.3) is 0 Å². The summed E-state index contributed by atoms with van der Waals surface area (Å²) >= 11 is 0. The van der Waals surface area contributed by atoms with Crippen LogP contribution in [0.3, 0.4) is 0 Å². The summed E-state index contributed by atoms with van der Waals surface area (Å²) in [6, 6.07) is 6.13. The molecule has 0 saturated carbocycles. The SMILES string of the molecule is CCCCC(C(N)=O)N(CC(F)(F)F)c1ccc(C#N)c(C#N)c1.